The predicted octanol–water partition coefficient (Wildman–Crippen LogP) is 2.47. The number of methoxy groups -OCH3 is 1. The summed E-state index contributed by atoms with van der Waals surface area (Å²) in [5.41, 5.74) is 1.32. The molecule has 0 bridgehead atoms. The number of hydrogen-bond acceptors (Lipinski definition) is 4. The van der Waals surface area contributed by atoms with Crippen molar-refractivity contribution in [2.45, 2.75) is 13.3 Å². The Morgan fingerprint density at radius 1 is 1.39 bits per heavy atom. The van der Waals surface area contributed by atoms with Gasteiger partial charge in [0.25, 0.3) is 0 Å². The Balaban J connectivity index is 2.78. The number of carbonyl (C=O) groups excluding carboxylic acids is 2. The maximum atomic E-state index is 11.1. The van der Waals surface area contributed by atoms with Crippen LogP contribution in [0.25, 0.3) is 6.08 Å². The molecule has 0 aliphatic carbocycles. The number of hydrogen-bond donors (Lipinski definition) is 0. The van der Waals surface area contributed by atoms with Crippen molar-refractivity contribution in [1.82, 2.24) is 0 Å². The largest absolute Gasteiger partial charge is 0.496 e. The van der Waals surface area contributed by atoms with Gasteiger partial charge in [0.05, 0.1) is 20.1 Å². The molecule has 0 N–H and O–H groups in total. The average Bonchev–Trinajstić information content (AvgIpc) is 2.39. The first-order valence-electron chi connectivity index (χ1n) is 5.66. The lowest BCUT2D eigenvalue weighted by Crippen LogP contribution is -2.01. The molecule has 0 atom stereocenters. The lowest BCUT2D eigenvalue weighted by Gasteiger charge is -2.05. The van der Waals surface area contributed by atoms with Crippen molar-refractivity contribution in [1.29, 1.82) is 0 Å². The maximum Gasteiger partial charge on any atom is 0.309 e. The number of esters is 1. The summed E-state index contributed by atoms with van der Waals surface area (Å²) in [7, 11) is 1.55. The summed E-state index contributed by atoms with van der Waals surface area (Å²) in [6.07, 6.45) is 4.39. The van der Waals surface area contributed by atoms with Gasteiger partial charge < -0.3 is 9.47 Å². The Hall–Kier alpha value is -2.10. The normalized spacial score (nSPS) is 10.3. The second kappa shape index (κ2) is 7.27. The third-order valence-corrected chi connectivity index (χ3v) is 2.28. The van der Waals surface area contributed by atoms with Gasteiger partial charge in [0.2, 0.25) is 0 Å². The van der Waals surface area contributed by atoms with Gasteiger partial charge >= 0.3 is 5.97 Å². The van der Waals surface area contributed by atoms with Gasteiger partial charge in [-0.05, 0) is 25.1 Å². The van der Waals surface area contributed by atoms with Crippen molar-refractivity contribution in [3.63, 3.8) is 0 Å². The van der Waals surface area contributed by atoms with Crippen molar-refractivity contribution in [2.24, 2.45) is 0 Å². The Morgan fingerprint density at radius 2 is 2.17 bits per heavy atom. The van der Waals surface area contributed by atoms with Gasteiger partial charge in [-0.1, -0.05) is 12.2 Å². The average molecular weight is 248 g/mol. The molecule has 1 aromatic rings. The molecule has 0 unspecified atom stereocenters. The van der Waals surface area contributed by atoms with Crippen LogP contribution in [0.5, 0.6) is 5.75 Å². The third-order valence-electron chi connectivity index (χ3n) is 2.28. The van der Waals surface area contributed by atoms with E-state index in [-0.39, 0.29) is 12.4 Å². The second-order valence-corrected chi connectivity index (χ2v) is 3.53. The molecule has 18 heavy (non-hydrogen) atoms. The van der Waals surface area contributed by atoms with Crippen LogP contribution in [0, 0.1) is 0 Å². The first-order valence-corrected chi connectivity index (χ1v) is 5.66. The Morgan fingerprint density at radius 3 is 2.78 bits per heavy atom. The maximum absolute atomic E-state index is 11.1. The summed E-state index contributed by atoms with van der Waals surface area (Å²) >= 11 is 0. The van der Waals surface area contributed by atoms with Crippen LogP contribution >= 0.6 is 0 Å². The standard InChI is InChI=1S/C14H16O4/c1-3-18-14(16)6-4-5-12-9-11(10-15)7-8-13(12)17-2/h4-5,7-10H,3,6H2,1-2H3. The molecule has 4 heteroatoms. The smallest absolute Gasteiger partial charge is 0.309 e. The fourth-order valence-electron chi connectivity index (χ4n) is 1.46. The fourth-order valence-corrected chi connectivity index (χ4v) is 1.46. The van der Waals surface area contributed by atoms with E-state index >= 15 is 0 Å². The molecule has 1 rings (SSSR count). The van der Waals surface area contributed by atoms with Gasteiger partial charge in [-0.3, -0.25) is 9.59 Å². The van der Waals surface area contributed by atoms with Crippen LogP contribution in [0.4, 0.5) is 0 Å². The SMILES string of the molecule is CCOC(=O)CC=Cc1cc(C=O)ccc1OC. The lowest BCUT2D eigenvalue weighted by molar-refractivity contribution is -0.142. The molecule has 0 heterocycles. The van der Waals surface area contributed by atoms with E-state index in [1.165, 1.54) is 0 Å². The van der Waals surface area contributed by atoms with Gasteiger partial charge in [-0.25, -0.2) is 0 Å². The topological polar surface area (TPSA) is 52.6 Å². The van der Waals surface area contributed by atoms with E-state index in [4.69, 9.17) is 9.47 Å². The van der Waals surface area contributed by atoms with E-state index in [1.54, 1.807) is 44.4 Å². The first kappa shape index (κ1) is 14.0. The highest BCUT2D eigenvalue weighted by atomic mass is 16.5. The Kier molecular flexibility index (Phi) is 5.64. The number of carbonyl (C=O) groups is 2. The molecule has 0 aromatic heterocycles. The van der Waals surface area contributed by atoms with Gasteiger partial charge in [0.15, 0.2) is 0 Å². The molecule has 0 radical (unpaired) electrons. The highest BCUT2D eigenvalue weighted by molar-refractivity contribution is 5.78. The third kappa shape index (κ3) is 4.05. The molecule has 0 aliphatic rings. The number of aldehydes is 1. The quantitative estimate of drug-likeness (QED) is 0.573. The first-order chi connectivity index (χ1) is 8.71. The van der Waals surface area contributed by atoms with Crippen LogP contribution in [0.15, 0.2) is 24.3 Å². The molecule has 1 aromatic carbocycles. The summed E-state index contributed by atoms with van der Waals surface area (Å²) in [6.45, 7) is 2.13. The van der Waals surface area contributed by atoms with Crippen molar-refractivity contribution >= 4 is 18.3 Å². The zero-order chi connectivity index (χ0) is 13.4. The van der Waals surface area contributed by atoms with Crippen LogP contribution in [-0.4, -0.2) is 26.0 Å². The van der Waals surface area contributed by atoms with Crippen LogP contribution in [0.2, 0.25) is 0 Å². The lowest BCUT2D eigenvalue weighted by atomic mass is 10.1. The summed E-state index contributed by atoms with van der Waals surface area (Å²) in [5, 5.41) is 0. The predicted molar refractivity (Wildman–Crippen MR) is 68.7 cm³/mol. The minimum absolute atomic E-state index is 0.197. The van der Waals surface area contributed by atoms with Gasteiger partial charge in [0.1, 0.15) is 12.0 Å². The highest BCUT2D eigenvalue weighted by Gasteiger charge is 2.02. The Labute approximate surface area is 106 Å². The highest BCUT2D eigenvalue weighted by Crippen LogP contribution is 2.20. The van der Waals surface area contributed by atoms with Crippen molar-refractivity contribution in [3.8, 4) is 5.75 Å². The number of ether oxygens (including phenoxy) is 2. The van der Waals surface area contributed by atoms with E-state index in [2.05, 4.69) is 0 Å². The summed E-state index contributed by atoms with van der Waals surface area (Å²) in [5.74, 6) is 0.375. The molecular weight excluding hydrogens is 232 g/mol. The molecule has 0 amide bonds. The molecular formula is C14H16O4. The zero-order valence-electron chi connectivity index (χ0n) is 10.5. The molecule has 0 aliphatic heterocycles. The minimum atomic E-state index is -0.278. The van der Waals surface area contributed by atoms with Crippen LogP contribution in [-0.2, 0) is 9.53 Å². The molecule has 96 valence electrons. The van der Waals surface area contributed by atoms with Crippen LogP contribution < -0.4 is 4.74 Å². The monoisotopic (exact) mass is 248 g/mol. The number of rotatable bonds is 6. The van der Waals surface area contributed by atoms with E-state index in [0.29, 0.717) is 17.9 Å². The molecule has 4 nitrogen and oxygen atoms in total. The van der Waals surface area contributed by atoms with Crippen molar-refractivity contribution < 1.29 is 19.1 Å². The van der Waals surface area contributed by atoms with Gasteiger partial charge in [0, 0.05) is 11.1 Å². The fraction of sp³-hybridized carbons (Fsp3) is 0.286. The molecule has 0 saturated heterocycles. The van der Waals surface area contributed by atoms with Gasteiger partial charge in [-0.2, -0.15) is 0 Å². The van der Waals surface area contributed by atoms with E-state index < -0.39 is 0 Å². The van der Waals surface area contributed by atoms with E-state index in [9.17, 15) is 9.59 Å². The van der Waals surface area contributed by atoms with Gasteiger partial charge in [-0.15, -0.1) is 0 Å². The summed E-state index contributed by atoms with van der Waals surface area (Å²) in [4.78, 5) is 21.8. The minimum Gasteiger partial charge on any atom is -0.496 e. The van der Waals surface area contributed by atoms with Crippen molar-refractivity contribution in [2.75, 3.05) is 13.7 Å². The number of benzene rings is 1. The molecule has 0 saturated carbocycles. The zero-order valence-corrected chi connectivity index (χ0v) is 10.5. The molecule has 0 fully saturated rings. The summed E-state index contributed by atoms with van der Waals surface area (Å²) < 4.78 is 9.97. The van der Waals surface area contributed by atoms with Crippen molar-refractivity contribution in [3.05, 3.63) is 35.4 Å². The van der Waals surface area contributed by atoms with E-state index in [0.717, 1.165) is 11.8 Å². The second-order valence-electron chi connectivity index (χ2n) is 3.53. The molecule has 0 spiro atoms. The Bertz CT molecular complexity index is 449. The van der Waals surface area contributed by atoms with Crippen LogP contribution in [0.1, 0.15) is 29.3 Å². The van der Waals surface area contributed by atoms with Crippen LogP contribution in [0.3, 0.4) is 0 Å². The van der Waals surface area contributed by atoms with E-state index in [1.807, 2.05) is 0 Å². The summed E-state index contributed by atoms with van der Waals surface area (Å²) in [6, 6.07) is 5.09.